The van der Waals surface area contributed by atoms with E-state index >= 15 is 0 Å². The van der Waals surface area contributed by atoms with Crippen molar-refractivity contribution in [2.45, 2.75) is 38.8 Å². The van der Waals surface area contributed by atoms with Gasteiger partial charge in [0.15, 0.2) is 11.0 Å². The zero-order valence-electron chi connectivity index (χ0n) is 18.6. The zero-order valence-corrected chi connectivity index (χ0v) is 19.4. The van der Waals surface area contributed by atoms with E-state index in [4.69, 9.17) is 0 Å². The number of carbonyl (C=O) groups excluding carboxylic acids is 1. The summed E-state index contributed by atoms with van der Waals surface area (Å²) in [4.78, 5) is 18.8. The van der Waals surface area contributed by atoms with Crippen molar-refractivity contribution >= 4 is 17.7 Å². The van der Waals surface area contributed by atoms with Crippen molar-refractivity contribution in [1.82, 2.24) is 24.6 Å². The van der Waals surface area contributed by atoms with Gasteiger partial charge in [0, 0.05) is 31.0 Å². The standard InChI is InChI=1S/C24H29N5OS/c1-6-28(15-17(2)3)22(30)16-31-24-27-26-23(19-10-9-13-25-14-19)29(24)21-12-8-7-11-20(21)18(4)5/h7-14,18H,2,6,15-16H2,1,3-5H3. The molecular formula is C24H29N5OS. The summed E-state index contributed by atoms with van der Waals surface area (Å²) in [6.07, 6.45) is 3.52. The van der Waals surface area contributed by atoms with Crippen LogP contribution >= 0.6 is 11.8 Å². The second-order valence-electron chi connectivity index (χ2n) is 7.75. The maximum Gasteiger partial charge on any atom is 0.233 e. The van der Waals surface area contributed by atoms with Gasteiger partial charge in [0.05, 0.1) is 11.4 Å². The molecule has 0 aliphatic carbocycles. The summed E-state index contributed by atoms with van der Waals surface area (Å²) in [6, 6.07) is 12.1. The number of pyridine rings is 1. The van der Waals surface area contributed by atoms with Gasteiger partial charge in [-0.1, -0.05) is 56.0 Å². The van der Waals surface area contributed by atoms with Gasteiger partial charge in [-0.25, -0.2) is 0 Å². The normalized spacial score (nSPS) is 11.0. The largest absolute Gasteiger partial charge is 0.338 e. The lowest BCUT2D eigenvalue weighted by atomic mass is 10.0. The third kappa shape index (κ3) is 5.41. The second kappa shape index (κ2) is 10.4. The SMILES string of the molecule is C=C(C)CN(CC)C(=O)CSc1nnc(-c2cccnc2)n1-c1ccccc1C(C)C. The van der Waals surface area contributed by atoms with Crippen LogP contribution in [0.3, 0.4) is 0 Å². The fourth-order valence-electron chi connectivity index (χ4n) is 3.36. The van der Waals surface area contributed by atoms with E-state index in [1.807, 2.05) is 42.7 Å². The van der Waals surface area contributed by atoms with Crippen LogP contribution in [0.5, 0.6) is 0 Å². The van der Waals surface area contributed by atoms with Crippen molar-refractivity contribution in [1.29, 1.82) is 0 Å². The monoisotopic (exact) mass is 435 g/mol. The molecule has 0 spiro atoms. The first-order chi connectivity index (χ1) is 14.9. The van der Waals surface area contributed by atoms with Crippen LogP contribution in [0.2, 0.25) is 0 Å². The fourth-order valence-corrected chi connectivity index (χ4v) is 4.21. The highest BCUT2D eigenvalue weighted by molar-refractivity contribution is 7.99. The molecule has 0 fully saturated rings. The van der Waals surface area contributed by atoms with E-state index in [2.05, 4.69) is 47.7 Å². The summed E-state index contributed by atoms with van der Waals surface area (Å²) >= 11 is 1.40. The maximum absolute atomic E-state index is 12.8. The number of carbonyl (C=O) groups is 1. The summed E-state index contributed by atoms with van der Waals surface area (Å²) in [5.41, 5.74) is 4.06. The minimum absolute atomic E-state index is 0.0603. The molecule has 6 nitrogen and oxygen atoms in total. The number of nitrogens with zero attached hydrogens (tertiary/aromatic N) is 5. The summed E-state index contributed by atoms with van der Waals surface area (Å²) in [5.74, 6) is 1.39. The van der Waals surface area contributed by atoms with Gasteiger partial charge < -0.3 is 4.90 Å². The fraction of sp³-hybridized carbons (Fsp3) is 0.333. The Balaban J connectivity index is 2.00. The molecule has 0 unspecified atom stereocenters. The van der Waals surface area contributed by atoms with Crippen molar-refractivity contribution < 1.29 is 4.79 Å². The van der Waals surface area contributed by atoms with Crippen LogP contribution in [0.1, 0.15) is 39.2 Å². The van der Waals surface area contributed by atoms with Crippen LogP contribution in [0.15, 0.2) is 66.1 Å². The third-order valence-corrected chi connectivity index (χ3v) is 5.79. The predicted octanol–water partition coefficient (Wildman–Crippen LogP) is 4.97. The maximum atomic E-state index is 12.8. The number of likely N-dealkylation sites (N-methyl/N-ethyl adjacent to an activating group) is 1. The second-order valence-corrected chi connectivity index (χ2v) is 8.69. The molecule has 0 atom stereocenters. The quantitative estimate of drug-likeness (QED) is 0.351. The molecular weight excluding hydrogens is 406 g/mol. The molecule has 31 heavy (non-hydrogen) atoms. The van der Waals surface area contributed by atoms with E-state index in [1.165, 1.54) is 17.3 Å². The van der Waals surface area contributed by atoms with Gasteiger partial charge in [-0.3, -0.25) is 14.3 Å². The average Bonchev–Trinajstić information content (AvgIpc) is 3.20. The number of para-hydroxylation sites is 1. The third-order valence-electron chi connectivity index (χ3n) is 4.87. The van der Waals surface area contributed by atoms with Gasteiger partial charge >= 0.3 is 0 Å². The molecule has 3 rings (SSSR count). The van der Waals surface area contributed by atoms with Gasteiger partial charge in [-0.05, 0) is 43.5 Å². The Bertz CT molecular complexity index is 1050. The van der Waals surface area contributed by atoms with Gasteiger partial charge in [0.1, 0.15) is 0 Å². The van der Waals surface area contributed by atoms with E-state index in [1.54, 1.807) is 17.3 Å². The first-order valence-electron chi connectivity index (χ1n) is 10.4. The van der Waals surface area contributed by atoms with Crippen LogP contribution in [-0.4, -0.2) is 49.4 Å². The molecule has 7 heteroatoms. The molecule has 2 aromatic heterocycles. The highest BCUT2D eigenvalue weighted by Gasteiger charge is 2.21. The van der Waals surface area contributed by atoms with Crippen LogP contribution < -0.4 is 0 Å². The summed E-state index contributed by atoms with van der Waals surface area (Å²) < 4.78 is 2.04. The van der Waals surface area contributed by atoms with E-state index in [9.17, 15) is 4.79 Å². The number of hydrogen-bond acceptors (Lipinski definition) is 5. The minimum atomic E-state index is 0.0603. The topological polar surface area (TPSA) is 63.9 Å². The molecule has 0 aliphatic rings. The highest BCUT2D eigenvalue weighted by atomic mass is 32.2. The Kier molecular flexibility index (Phi) is 7.63. The number of amides is 1. The molecule has 1 amide bonds. The highest BCUT2D eigenvalue weighted by Crippen LogP contribution is 2.32. The van der Waals surface area contributed by atoms with Crippen LogP contribution in [-0.2, 0) is 4.79 Å². The first-order valence-corrected chi connectivity index (χ1v) is 11.4. The Morgan fingerprint density at radius 2 is 1.97 bits per heavy atom. The number of benzene rings is 1. The lowest BCUT2D eigenvalue weighted by Crippen LogP contribution is -2.33. The molecule has 0 saturated carbocycles. The smallest absolute Gasteiger partial charge is 0.233 e. The lowest BCUT2D eigenvalue weighted by molar-refractivity contribution is -0.127. The van der Waals surface area contributed by atoms with E-state index in [-0.39, 0.29) is 11.7 Å². The molecule has 1 aromatic carbocycles. The molecule has 0 saturated heterocycles. The molecule has 3 aromatic rings. The molecule has 0 aliphatic heterocycles. The average molecular weight is 436 g/mol. The van der Waals surface area contributed by atoms with Crippen molar-refractivity contribution in [3.8, 4) is 17.1 Å². The molecule has 162 valence electrons. The number of hydrogen-bond donors (Lipinski definition) is 0. The van der Waals surface area contributed by atoms with Crippen molar-refractivity contribution in [2.24, 2.45) is 0 Å². The van der Waals surface area contributed by atoms with Gasteiger partial charge in [0.2, 0.25) is 5.91 Å². The summed E-state index contributed by atoms with van der Waals surface area (Å²) in [7, 11) is 0. The van der Waals surface area contributed by atoms with Gasteiger partial charge in [-0.2, -0.15) is 0 Å². The minimum Gasteiger partial charge on any atom is -0.338 e. The lowest BCUT2D eigenvalue weighted by Gasteiger charge is -2.21. The van der Waals surface area contributed by atoms with E-state index in [0.29, 0.717) is 30.0 Å². The van der Waals surface area contributed by atoms with Gasteiger partial charge in [-0.15, -0.1) is 10.2 Å². The van der Waals surface area contributed by atoms with Gasteiger partial charge in [0.25, 0.3) is 0 Å². The van der Waals surface area contributed by atoms with Crippen LogP contribution in [0.25, 0.3) is 17.1 Å². The first kappa shape index (κ1) is 22.7. The molecule has 0 bridgehead atoms. The number of aromatic nitrogens is 4. The number of thioether (sulfide) groups is 1. The van der Waals surface area contributed by atoms with Crippen LogP contribution in [0, 0.1) is 0 Å². The Morgan fingerprint density at radius 1 is 1.19 bits per heavy atom. The summed E-state index contributed by atoms with van der Waals surface area (Å²) in [5, 5.41) is 9.60. The van der Waals surface area contributed by atoms with Crippen LogP contribution in [0.4, 0.5) is 0 Å². The molecule has 2 heterocycles. The zero-order chi connectivity index (χ0) is 22.4. The van der Waals surface area contributed by atoms with Crippen molar-refractivity contribution in [3.05, 3.63) is 66.5 Å². The molecule has 0 N–H and O–H groups in total. The Morgan fingerprint density at radius 3 is 2.61 bits per heavy atom. The summed E-state index contributed by atoms with van der Waals surface area (Å²) in [6.45, 7) is 13.4. The van der Waals surface area contributed by atoms with Crippen molar-refractivity contribution in [2.75, 3.05) is 18.8 Å². The predicted molar refractivity (Wildman–Crippen MR) is 126 cm³/mol. The number of rotatable bonds is 9. The Hall–Kier alpha value is -2.93. The van der Waals surface area contributed by atoms with Crippen molar-refractivity contribution in [3.63, 3.8) is 0 Å². The van der Waals surface area contributed by atoms with E-state index < -0.39 is 0 Å². The van der Waals surface area contributed by atoms with E-state index in [0.717, 1.165) is 16.8 Å². The molecule has 0 radical (unpaired) electrons. The Labute approximate surface area is 188 Å².